The first-order valence-electron chi connectivity index (χ1n) is 18.3. The Morgan fingerprint density at radius 3 is 2.33 bits per heavy atom. The highest BCUT2D eigenvalue weighted by Crippen LogP contribution is 2.90. The molecule has 1 saturated heterocycles. The number of ether oxygens (including phenoxy) is 2. The molecular formula is C37H62F2N2O5. The third-order valence-corrected chi connectivity index (χ3v) is 15.4. The minimum atomic E-state index is -2.83. The maximum atomic E-state index is 15.8. The fraction of sp³-hybridized carbons (Fsp3) is 0.973. The zero-order valence-corrected chi connectivity index (χ0v) is 29.5. The van der Waals surface area contributed by atoms with E-state index in [2.05, 4.69) is 26.1 Å². The van der Waals surface area contributed by atoms with Crippen LogP contribution in [0.1, 0.15) is 126 Å². The Morgan fingerprint density at radius 1 is 0.978 bits per heavy atom. The van der Waals surface area contributed by atoms with Crippen molar-refractivity contribution >= 4 is 5.97 Å². The molecule has 5 N–H and O–H groups in total. The molecule has 7 nitrogen and oxygen atoms in total. The van der Waals surface area contributed by atoms with Gasteiger partial charge in [0.2, 0.25) is 0 Å². The summed E-state index contributed by atoms with van der Waals surface area (Å²) < 4.78 is 44.6. The van der Waals surface area contributed by atoms with Gasteiger partial charge in [0.05, 0.1) is 30.0 Å². The molecule has 0 aromatic carbocycles. The third-order valence-electron chi connectivity index (χ3n) is 15.4. The summed E-state index contributed by atoms with van der Waals surface area (Å²) in [6.45, 7) is 15.2. The Bertz CT molecular complexity index is 1190. The monoisotopic (exact) mass is 652 g/mol. The lowest BCUT2D eigenvalue weighted by Gasteiger charge is -2.65. The van der Waals surface area contributed by atoms with Crippen LogP contribution < -0.4 is 11.1 Å². The van der Waals surface area contributed by atoms with Crippen LogP contribution in [0.25, 0.3) is 0 Å². The van der Waals surface area contributed by atoms with Crippen molar-refractivity contribution in [2.75, 3.05) is 19.6 Å². The maximum Gasteiger partial charge on any atom is 0.320 e. The van der Waals surface area contributed by atoms with Crippen LogP contribution >= 0.6 is 0 Å². The molecule has 0 aromatic heterocycles. The lowest BCUT2D eigenvalue weighted by molar-refractivity contribution is -0.251. The van der Waals surface area contributed by atoms with Gasteiger partial charge in [-0.25, -0.2) is 8.78 Å². The van der Waals surface area contributed by atoms with Crippen LogP contribution in [0, 0.1) is 44.8 Å². The van der Waals surface area contributed by atoms with Gasteiger partial charge in [-0.2, -0.15) is 0 Å². The molecule has 0 bridgehead atoms. The van der Waals surface area contributed by atoms with Gasteiger partial charge in [0.25, 0.3) is 5.92 Å². The first-order chi connectivity index (χ1) is 21.2. The van der Waals surface area contributed by atoms with Gasteiger partial charge < -0.3 is 30.7 Å². The van der Waals surface area contributed by atoms with Crippen molar-refractivity contribution in [1.82, 2.24) is 5.32 Å². The van der Waals surface area contributed by atoms with Crippen LogP contribution in [-0.2, 0) is 14.3 Å². The summed E-state index contributed by atoms with van der Waals surface area (Å²) in [6.07, 6.45) is 7.21. The Kier molecular flexibility index (Phi) is 8.41. The van der Waals surface area contributed by atoms with Crippen molar-refractivity contribution in [1.29, 1.82) is 0 Å². The predicted molar refractivity (Wildman–Crippen MR) is 173 cm³/mol. The predicted octanol–water partition coefficient (Wildman–Crippen LogP) is 5.98. The second-order valence-corrected chi connectivity index (χ2v) is 18.4. The van der Waals surface area contributed by atoms with E-state index in [-0.39, 0.29) is 58.5 Å². The summed E-state index contributed by atoms with van der Waals surface area (Å²) in [4.78, 5) is 13.4. The second kappa shape index (κ2) is 11.1. The van der Waals surface area contributed by atoms with Crippen LogP contribution in [-0.4, -0.2) is 71.3 Å². The van der Waals surface area contributed by atoms with Crippen molar-refractivity contribution in [3.63, 3.8) is 0 Å². The number of carbonyl (C=O) groups excluding carboxylic acids is 1. The molecule has 46 heavy (non-hydrogen) atoms. The first-order valence-corrected chi connectivity index (χ1v) is 18.3. The first kappa shape index (κ1) is 35.0. The number of nitrogens with two attached hydrogens (primary N) is 1. The molecule has 264 valence electrons. The zero-order valence-electron chi connectivity index (χ0n) is 29.5. The molecule has 5 saturated carbocycles. The van der Waals surface area contributed by atoms with E-state index in [0.717, 1.165) is 51.4 Å². The Morgan fingerprint density at radius 2 is 1.67 bits per heavy atom. The number of fused-ring (bicyclic) bond motifs is 2. The molecule has 2 spiro atoms. The molecule has 0 radical (unpaired) electrons. The smallest absolute Gasteiger partial charge is 0.320 e. The van der Waals surface area contributed by atoms with Crippen molar-refractivity contribution in [3.05, 3.63) is 0 Å². The van der Waals surface area contributed by atoms with E-state index >= 15 is 8.78 Å². The summed E-state index contributed by atoms with van der Waals surface area (Å²) in [6, 6.07) is 0. The molecule has 1 heterocycles. The summed E-state index contributed by atoms with van der Waals surface area (Å²) in [7, 11) is 0. The van der Waals surface area contributed by atoms with Gasteiger partial charge in [0.1, 0.15) is 6.10 Å². The Hall–Kier alpha value is -0.870. The minimum absolute atomic E-state index is 0.0688. The van der Waals surface area contributed by atoms with Crippen LogP contribution in [0.2, 0.25) is 0 Å². The van der Waals surface area contributed by atoms with Gasteiger partial charge in [0, 0.05) is 23.7 Å². The Balaban J connectivity index is 1.30. The van der Waals surface area contributed by atoms with Crippen molar-refractivity contribution in [3.8, 4) is 0 Å². The number of hydrogen-bond acceptors (Lipinski definition) is 7. The maximum absolute atomic E-state index is 15.8. The lowest BCUT2D eigenvalue weighted by atomic mass is 9.41. The minimum Gasteiger partial charge on any atom is -0.461 e. The number of unbranched alkanes of at least 4 members (excludes halogenated alkanes) is 2. The van der Waals surface area contributed by atoms with Crippen LogP contribution in [0.3, 0.4) is 0 Å². The number of aliphatic hydroxyl groups excluding tert-OH is 1. The molecule has 9 heteroatoms. The lowest BCUT2D eigenvalue weighted by Crippen LogP contribution is -2.64. The van der Waals surface area contributed by atoms with Gasteiger partial charge in [-0.15, -0.1) is 0 Å². The molecule has 0 unspecified atom stereocenters. The quantitative estimate of drug-likeness (QED) is 0.170. The van der Waals surface area contributed by atoms with E-state index in [1.165, 1.54) is 0 Å². The molecule has 0 aromatic rings. The average Bonchev–Trinajstić information content (AvgIpc) is 3.32. The second-order valence-electron chi connectivity index (χ2n) is 18.4. The number of nitrogens with one attached hydrogen (secondary N) is 1. The normalized spacial score (nSPS) is 48.6. The van der Waals surface area contributed by atoms with E-state index in [4.69, 9.17) is 15.2 Å². The highest BCUT2D eigenvalue weighted by atomic mass is 19.3. The van der Waals surface area contributed by atoms with Gasteiger partial charge in [0.15, 0.2) is 0 Å². The summed E-state index contributed by atoms with van der Waals surface area (Å²) in [5, 5.41) is 26.0. The molecule has 11 atom stereocenters. The third kappa shape index (κ3) is 4.81. The van der Waals surface area contributed by atoms with E-state index < -0.39 is 40.7 Å². The van der Waals surface area contributed by atoms with Gasteiger partial charge >= 0.3 is 5.97 Å². The molecule has 0 amide bonds. The van der Waals surface area contributed by atoms with E-state index in [9.17, 15) is 15.0 Å². The largest absolute Gasteiger partial charge is 0.461 e. The molecule has 1 aliphatic heterocycles. The van der Waals surface area contributed by atoms with Crippen molar-refractivity contribution in [2.45, 2.75) is 161 Å². The summed E-state index contributed by atoms with van der Waals surface area (Å²) in [5.74, 6) is -3.58. The number of esters is 1. The number of hydrogen-bond donors (Lipinski definition) is 4. The van der Waals surface area contributed by atoms with Gasteiger partial charge in [-0.3, -0.25) is 4.79 Å². The number of alkyl halides is 2. The van der Waals surface area contributed by atoms with Crippen molar-refractivity contribution < 1.29 is 33.3 Å². The molecule has 6 fully saturated rings. The fourth-order valence-electron chi connectivity index (χ4n) is 13.1. The highest BCUT2D eigenvalue weighted by molar-refractivity contribution is 5.72. The van der Waals surface area contributed by atoms with E-state index in [1.807, 2.05) is 0 Å². The molecule has 6 aliphatic rings. The fourth-order valence-corrected chi connectivity index (χ4v) is 13.1. The zero-order chi connectivity index (χ0) is 33.8. The van der Waals surface area contributed by atoms with Crippen LogP contribution in [0.5, 0.6) is 0 Å². The van der Waals surface area contributed by atoms with Crippen molar-refractivity contribution in [2.24, 2.45) is 50.6 Å². The van der Waals surface area contributed by atoms with Crippen LogP contribution in [0.15, 0.2) is 0 Å². The molecule has 6 rings (SSSR count). The highest BCUT2D eigenvalue weighted by Gasteiger charge is 2.86. The molecule has 5 aliphatic carbocycles. The molecular weight excluding hydrogens is 590 g/mol. The SMILES string of the molecule is CC(C)(O)[C@@H]1CC[C@@](C)([C@H]2[C@@H](O)C[C@@]3(C)[C@@H]4C[C@H](OC(=O)CNCCCCCN)[C@H]5C(C)(C)C(F)(F)CC[C@@]56C[C@@]46CC[C@]23C)O1. The van der Waals surface area contributed by atoms with E-state index in [1.54, 1.807) is 27.7 Å². The summed E-state index contributed by atoms with van der Waals surface area (Å²) >= 11 is 0. The van der Waals surface area contributed by atoms with Gasteiger partial charge in [-0.1, -0.05) is 34.1 Å². The number of rotatable bonds is 10. The number of carbonyl (C=O) groups is 1. The number of halogens is 2. The standard InChI is InChI=1S/C37H62F2N2O5/c1-30(2)29-24(45-27(43)21-41-18-10-8-9-17-40)19-25-33(6)20-23(42)28(34(7)12-11-26(46-34)31(3,4)44)32(33,5)13-14-35(25)22-36(29,35)15-16-37(30,38)39/h23-26,28-29,41-42,44H,8-22,40H2,1-7H3/t23-,24-,25-,26-,28-,29-,32+,33-,34-,35-,36+/m0/s1. The average molecular weight is 653 g/mol. The van der Waals surface area contributed by atoms with Gasteiger partial charge in [-0.05, 0) is 126 Å². The van der Waals surface area contributed by atoms with Crippen LogP contribution in [0.4, 0.5) is 8.78 Å². The van der Waals surface area contributed by atoms with E-state index in [0.29, 0.717) is 32.4 Å². The Labute approximate surface area is 275 Å². The summed E-state index contributed by atoms with van der Waals surface area (Å²) in [5.41, 5.74) is 1.87. The topological polar surface area (TPSA) is 114 Å². The number of aliphatic hydroxyl groups is 2.